The van der Waals surface area contributed by atoms with Gasteiger partial charge in [0, 0.05) is 8.96 Å². The lowest BCUT2D eigenvalue weighted by atomic mass is 9.80. The molecule has 66 valence electrons. The lowest BCUT2D eigenvalue weighted by Crippen LogP contribution is -2.29. The quantitative estimate of drug-likeness (QED) is 0.505. The predicted molar refractivity (Wildman–Crippen MR) is 58.6 cm³/mol. The van der Waals surface area contributed by atoms with Gasteiger partial charge >= 0.3 is 7.12 Å². The van der Waals surface area contributed by atoms with Crippen LogP contribution in [0, 0.1) is 3.57 Å². The Kier molecular flexibility index (Phi) is 2.26. The second kappa shape index (κ2) is 3.28. The van der Waals surface area contributed by atoms with Crippen molar-refractivity contribution in [1.82, 2.24) is 10.2 Å². The van der Waals surface area contributed by atoms with E-state index in [1.807, 2.05) is 0 Å². The number of nitrogens with one attached hydrogen (secondary N) is 1. The first kappa shape index (κ1) is 8.98. The molecule has 0 unspecified atom stereocenters. The fraction of sp³-hybridized carbons (Fsp3) is 0. The number of aromatic amines is 1. The second-order valence-electron chi connectivity index (χ2n) is 2.71. The van der Waals surface area contributed by atoms with Gasteiger partial charge in [-0.1, -0.05) is 0 Å². The zero-order chi connectivity index (χ0) is 9.42. The van der Waals surface area contributed by atoms with Crippen LogP contribution in [0.5, 0.6) is 0 Å². The largest absolute Gasteiger partial charge is 0.488 e. The third kappa shape index (κ3) is 1.56. The van der Waals surface area contributed by atoms with Crippen LogP contribution in [0.4, 0.5) is 0 Å². The van der Waals surface area contributed by atoms with Crippen LogP contribution < -0.4 is 5.46 Å². The van der Waals surface area contributed by atoms with Gasteiger partial charge in [0.2, 0.25) is 0 Å². The number of benzene rings is 1. The molecule has 1 heterocycles. The molecule has 0 radical (unpaired) electrons. The molecule has 0 saturated carbocycles. The highest BCUT2D eigenvalue weighted by atomic mass is 127. The molecule has 6 heteroatoms. The van der Waals surface area contributed by atoms with E-state index in [1.165, 1.54) is 0 Å². The standard InChI is InChI=1S/C7H6BIN2O2/c9-6-1-4(8(12)13)2-7-5(6)3-10-11-7/h1-3,12-13H,(H,10,11). The molecular formula is C7H6BIN2O2. The summed E-state index contributed by atoms with van der Waals surface area (Å²) < 4.78 is 0.951. The van der Waals surface area contributed by atoms with Crippen molar-refractivity contribution in [2.45, 2.75) is 0 Å². The van der Waals surface area contributed by atoms with Crippen molar-refractivity contribution in [3.63, 3.8) is 0 Å². The Bertz CT molecular complexity index is 443. The first-order valence-electron chi connectivity index (χ1n) is 3.67. The van der Waals surface area contributed by atoms with Crippen LogP contribution in [0.25, 0.3) is 10.9 Å². The molecule has 0 saturated heterocycles. The molecule has 4 nitrogen and oxygen atoms in total. The molecule has 13 heavy (non-hydrogen) atoms. The SMILES string of the molecule is OB(O)c1cc(I)c2cn[nH]c2c1. The van der Waals surface area contributed by atoms with Crippen LogP contribution in [0.2, 0.25) is 0 Å². The zero-order valence-electron chi connectivity index (χ0n) is 6.53. The minimum atomic E-state index is -1.43. The van der Waals surface area contributed by atoms with E-state index < -0.39 is 7.12 Å². The molecule has 3 N–H and O–H groups in total. The molecule has 0 spiro atoms. The maximum atomic E-state index is 8.96. The summed E-state index contributed by atoms with van der Waals surface area (Å²) in [5, 5.41) is 25.6. The Morgan fingerprint density at radius 2 is 2.15 bits per heavy atom. The van der Waals surface area contributed by atoms with Gasteiger partial charge in [-0.05, 0) is 40.2 Å². The number of hydrogen-bond donors (Lipinski definition) is 3. The average Bonchev–Trinajstić information content (AvgIpc) is 2.51. The highest BCUT2D eigenvalue weighted by Crippen LogP contribution is 2.16. The topological polar surface area (TPSA) is 69.1 Å². The predicted octanol–water partition coefficient (Wildman–Crippen LogP) is -0.153. The average molecular weight is 288 g/mol. The van der Waals surface area contributed by atoms with Crippen molar-refractivity contribution < 1.29 is 10.0 Å². The summed E-state index contributed by atoms with van der Waals surface area (Å²) in [6.07, 6.45) is 1.71. The molecule has 0 bridgehead atoms. The Morgan fingerprint density at radius 1 is 1.38 bits per heavy atom. The number of halogens is 1. The van der Waals surface area contributed by atoms with Crippen molar-refractivity contribution >= 4 is 46.1 Å². The molecule has 0 amide bonds. The van der Waals surface area contributed by atoms with Gasteiger partial charge in [-0.25, -0.2) is 0 Å². The lowest BCUT2D eigenvalue weighted by Gasteiger charge is -2.00. The summed E-state index contributed by atoms with van der Waals surface area (Å²) in [5.74, 6) is 0. The fourth-order valence-corrected chi connectivity index (χ4v) is 1.97. The minimum Gasteiger partial charge on any atom is -0.423 e. The van der Waals surface area contributed by atoms with E-state index in [0.29, 0.717) is 5.46 Å². The van der Waals surface area contributed by atoms with Crippen LogP contribution in [0.15, 0.2) is 18.3 Å². The molecule has 2 rings (SSSR count). The van der Waals surface area contributed by atoms with Gasteiger partial charge in [0.1, 0.15) is 0 Å². The van der Waals surface area contributed by atoms with E-state index in [9.17, 15) is 0 Å². The van der Waals surface area contributed by atoms with E-state index in [-0.39, 0.29) is 0 Å². The number of nitrogens with zero attached hydrogens (tertiary/aromatic N) is 1. The van der Waals surface area contributed by atoms with Gasteiger partial charge in [-0.3, -0.25) is 5.10 Å². The number of hydrogen-bond acceptors (Lipinski definition) is 3. The van der Waals surface area contributed by atoms with Crippen molar-refractivity contribution in [2.24, 2.45) is 0 Å². The molecule has 0 fully saturated rings. The van der Waals surface area contributed by atoms with E-state index in [1.54, 1.807) is 18.3 Å². The minimum absolute atomic E-state index is 0.473. The lowest BCUT2D eigenvalue weighted by molar-refractivity contribution is 0.426. The fourth-order valence-electron chi connectivity index (χ4n) is 1.18. The van der Waals surface area contributed by atoms with Gasteiger partial charge in [0.05, 0.1) is 11.7 Å². The Hall–Kier alpha value is -0.595. The smallest absolute Gasteiger partial charge is 0.423 e. The number of aromatic nitrogens is 2. The van der Waals surface area contributed by atoms with Gasteiger partial charge in [0.25, 0.3) is 0 Å². The summed E-state index contributed by atoms with van der Waals surface area (Å²) >= 11 is 2.13. The Labute approximate surface area is 88.3 Å². The van der Waals surface area contributed by atoms with Crippen molar-refractivity contribution in [2.75, 3.05) is 0 Å². The molecule has 0 aliphatic rings. The summed E-state index contributed by atoms with van der Waals surface area (Å²) in [7, 11) is -1.43. The highest BCUT2D eigenvalue weighted by Gasteiger charge is 2.13. The first-order valence-corrected chi connectivity index (χ1v) is 4.75. The molecule has 0 atom stereocenters. The summed E-state index contributed by atoms with van der Waals surface area (Å²) in [5.41, 5.74) is 1.29. The highest BCUT2D eigenvalue weighted by molar-refractivity contribution is 14.1. The maximum absolute atomic E-state index is 8.96. The van der Waals surface area contributed by atoms with Gasteiger partial charge in [-0.2, -0.15) is 5.10 Å². The summed E-state index contributed by atoms with van der Waals surface area (Å²) in [6.45, 7) is 0. The molecule has 0 aliphatic heterocycles. The van der Waals surface area contributed by atoms with Gasteiger partial charge < -0.3 is 10.0 Å². The van der Waals surface area contributed by atoms with Crippen LogP contribution in [-0.4, -0.2) is 27.4 Å². The molecule has 2 aromatic rings. The van der Waals surface area contributed by atoms with Crippen LogP contribution in [0.1, 0.15) is 0 Å². The Balaban J connectivity index is 2.70. The van der Waals surface area contributed by atoms with E-state index in [4.69, 9.17) is 10.0 Å². The first-order chi connectivity index (χ1) is 6.18. The third-order valence-electron chi connectivity index (χ3n) is 1.83. The Morgan fingerprint density at radius 3 is 2.85 bits per heavy atom. The van der Waals surface area contributed by atoms with Gasteiger partial charge in [0.15, 0.2) is 0 Å². The normalized spacial score (nSPS) is 10.7. The van der Waals surface area contributed by atoms with Crippen LogP contribution in [-0.2, 0) is 0 Å². The second-order valence-corrected chi connectivity index (χ2v) is 3.87. The molecule has 1 aromatic carbocycles. The van der Waals surface area contributed by atoms with E-state index in [2.05, 4.69) is 32.8 Å². The summed E-state index contributed by atoms with van der Waals surface area (Å²) in [4.78, 5) is 0. The van der Waals surface area contributed by atoms with Crippen molar-refractivity contribution in [3.8, 4) is 0 Å². The third-order valence-corrected chi connectivity index (χ3v) is 2.72. The van der Waals surface area contributed by atoms with Crippen LogP contribution >= 0.6 is 22.6 Å². The number of H-pyrrole nitrogens is 1. The van der Waals surface area contributed by atoms with E-state index >= 15 is 0 Å². The van der Waals surface area contributed by atoms with Crippen molar-refractivity contribution in [3.05, 3.63) is 21.9 Å². The summed E-state index contributed by atoms with van der Waals surface area (Å²) in [6, 6.07) is 3.40. The monoisotopic (exact) mass is 288 g/mol. The van der Waals surface area contributed by atoms with Crippen molar-refractivity contribution in [1.29, 1.82) is 0 Å². The van der Waals surface area contributed by atoms with Gasteiger partial charge in [-0.15, -0.1) is 0 Å². The maximum Gasteiger partial charge on any atom is 0.488 e. The molecular weight excluding hydrogens is 282 g/mol. The zero-order valence-corrected chi connectivity index (χ0v) is 8.69. The number of fused-ring (bicyclic) bond motifs is 1. The van der Waals surface area contributed by atoms with Crippen LogP contribution in [0.3, 0.4) is 0 Å². The van der Waals surface area contributed by atoms with E-state index in [0.717, 1.165) is 14.5 Å². The number of rotatable bonds is 1. The molecule has 0 aliphatic carbocycles. The molecule has 1 aromatic heterocycles.